The fourth-order valence-corrected chi connectivity index (χ4v) is 4.10. The second-order valence-electron chi connectivity index (χ2n) is 6.78. The van der Waals surface area contributed by atoms with Gasteiger partial charge in [0.2, 0.25) is 0 Å². The normalized spacial score (nSPS) is 36.7. The lowest BCUT2D eigenvalue weighted by molar-refractivity contribution is 0.0600. The molecule has 0 bridgehead atoms. The zero-order valence-corrected chi connectivity index (χ0v) is 12.8. The van der Waals surface area contributed by atoms with Crippen molar-refractivity contribution in [2.45, 2.75) is 63.1 Å². The molecule has 0 aromatic carbocycles. The minimum Gasteiger partial charge on any atom is -0.300 e. The molecule has 1 saturated heterocycles. The van der Waals surface area contributed by atoms with Gasteiger partial charge in [0.1, 0.15) is 5.54 Å². The maximum atomic E-state index is 9.57. The molecule has 2 atom stereocenters. The van der Waals surface area contributed by atoms with Crippen LogP contribution in [-0.4, -0.2) is 60.1 Å². The van der Waals surface area contributed by atoms with Crippen LogP contribution in [0.1, 0.15) is 45.4 Å². The first kappa shape index (κ1) is 14.3. The van der Waals surface area contributed by atoms with Crippen molar-refractivity contribution in [2.24, 2.45) is 0 Å². The molecule has 0 spiro atoms. The highest BCUT2D eigenvalue weighted by molar-refractivity contribution is 5.11. The van der Waals surface area contributed by atoms with Crippen molar-refractivity contribution in [1.29, 1.82) is 5.26 Å². The Morgan fingerprint density at radius 1 is 1.10 bits per heavy atom. The molecule has 0 amide bonds. The van der Waals surface area contributed by atoms with Crippen LogP contribution in [0, 0.1) is 11.3 Å². The minimum absolute atomic E-state index is 0.259. The second kappa shape index (κ2) is 6.01. The highest BCUT2D eigenvalue weighted by Gasteiger charge is 2.39. The van der Waals surface area contributed by atoms with Crippen LogP contribution in [0.2, 0.25) is 0 Å². The third-order valence-electron chi connectivity index (χ3n) is 5.38. The van der Waals surface area contributed by atoms with Crippen molar-refractivity contribution in [3.63, 3.8) is 0 Å². The lowest BCUT2D eigenvalue weighted by Gasteiger charge is -2.45. The Labute approximate surface area is 123 Å². The summed E-state index contributed by atoms with van der Waals surface area (Å²) in [7, 11) is 0. The molecule has 1 heterocycles. The number of hydrogen-bond donors (Lipinski definition) is 1. The Kier molecular flexibility index (Phi) is 4.30. The van der Waals surface area contributed by atoms with Crippen molar-refractivity contribution in [3.8, 4) is 6.07 Å². The smallest absolute Gasteiger partial charge is 0.108 e. The maximum Gasteiger partial charge on any atom is 0.108 e. The van der Waals surface area contributed by atoms with Crippen LogP contribution in [0.25, 0.3) is 0 Å². The predicted octanol–water partition coefficient (Wildman–Crippen LogP) is 1.58. The Bertz CT molecular complexity index is 361. The molecule has 3 aliphatic rings. The van der Waals surface area contributed by atoms with Gasteiger partial charge in [-0.3, -0.25) is 15.1 Å². The summed E-state index contributed by atoms with van der Waals surface area (Å²) >= 11 is 0. The maximum absolute atomic E-state index is 9.57. The second-order valence-corrected chi connectivity index (χ2v) is 6.78. The van der Waals surface area contributed by atoms with Crippen LogP contribution in [0.4, 0.5) is 0 Å². The van der Waals surface area contributed by atoms with Gasteiger partial charge in [-0.2, -0.15) is 5.26 Å². The third-order valence-corrected chi connectivity index (χ3v) is 5.38. The third kappa shape index (κ3) is 3.00. The summed E-state index contributed by atoms with van der Waals surface area (Å²) in [6.07, 6.45) is 7.34. The van der Waals surface area contributed by atoms with Crippen LogP contribution < -0.4 is 5.32 Å². The standard InChI is InChI=1S/C16H28N4/c1-2-18-16(13-17)7-3-4-15(12-16)20-10-8-19(9-11-20)14-5-6-14/h14-15,18H,2-12H2,1H3. The number of rotatable bonds is 4. The molecule has 3 fully saturated rings. The first-order valence-electron chi connectivity index (χ1n) is 8.41. The van der Waals surface area contributed by atoms with Crippen LogP contribution in [0.15, 0.2) is 0 Å². The predicted molar refractivity (Wildman–Crippen MR) is 80.4 cm³/mol. The van der Waals surface area contributed by atoms with E-state index in [0.717, 1.165) is 25.4 Å². The van der Waals surface area contributed by atoms with E-state index in [2.05, 4.69) is 28.1 Å². The Morgan fingerprint density at radius 2 is 1.75 bits per heavy atom. The number of hydrogen-bond acceptors (Lipinski definition) is 4. The largest absolute Gasteiger partial charge is 0.300 e. The van der Waals surface area contributed by atoms with Gasteiger partial charge >= 0.3 is 0 Å². The molecule has 0 aromatic rings. The van der Waals surface area contributed by atoms with Gasteiger partial charge in [0.15, 0.2) is 0 Å². The van der Waals surface area contributed by atoms with E-state index < -0.39 is 0 Å². The molecule has 0 aromatic heterocycles. The summed E-state index contributed by atoms with van der Waals surface area (Å²) in [6.45, 7) is 7.89. The molecule has 2 unspecified atom stereocenters. The van der Waals surface area contributed by atoms with Gasteiger partial charge in [-0.1, -0.05) is 6.92 Å². The highest BCUT2D eigenvalue weighted by Crippen LogP contribution is 2.33. The van der Waals surface area contributed by atoms with E-state index in [-0.39, 0.29) is 5.54 Å². The van der Waals surface area contributed by atoms with E-state index in [0.29, 0.717) is 6.04 Å². The molecule has 112 valence electrons. The summed E-state index contributed by atoms with van der Waals surface area (Å²) in [5, 5.41) is 13.0. The van der Waals surface area contributed by atoms with Gasteiger partial charge in [0.05, 0.1) is 6.07 Å². The van der Waals surface area contributed by atoms with Gasteiger partial charge in [0.25, 0.3) is 0 Å². The van der Waals surface area contributed by atoms with Gasteiger partial charge in [-0.25, -0.2) is 0 Å². The van der Waals surface area contributed by atoms with Crippen LogP contribution >= 0.6 is 0 Å². The van der Waals surface area contributed by atoms with E-state index in [9.17, 15) is 5.26 Å². The Hall–Kier alpha value is -0.630. The van der Waals surface area contributed by atoms with Gasteiger partial charge < -0.3 is 0 Å². The van der Waals surface area contributed by atoms with E-state index >= 15 is 0 Å². The topological polar surface area (TPSA) is 42.3 Å². The van der Waals surface area contributed by atoms with Gasteiger partial charge in [-0.05, 0) is 45.1 Å². The zero-order chi connectivity index (χ0) is 14.0. The van der Waals surface area contributed by atoms with Crippen molar-refractivity contribution >= 4 is 0 Å². The SMILES string of the molecule is CCNC1(C#N)CCCC(N2CCN(C3CC3)CC2)C1. The fraction of sp³-hybridized carbons (Fsp3) is 0.938. The van der Waals surface area contributed by atoms with Crippen LogP contribution in [0.5, 0.6) is 0 Å². The van der Waals surface area contributed by atoms with E-state index in [1.54, 1.807) is 0 Å². The van der Waals surface area contributed by atoms with Crippen LogP contribution in [-0.2, 0) is 0 Å². The minimum atomic E-state index is -0.259. The van der Waals surface area contributed by atoms with Crippen molar-refractivity contribution in [3.05, 3.63) is 0 Å². The zero-order valence-electron chi connectivity index (χ0n) is 12.8. The molecule has 3 rings (SSSR count). The van der Waals surface area contributed by atoms with E-state index in [4.69, 9.17) is 0 Å². The van der Waals surface area contributed by atoms with E-state index in [1.165, 1.54) is 51.9 Å². The summed E-state index contributed by atoms with van der Waals surface area (Å²) in [5.74, 6) is 0. The quantitative estimate of drug-likeness (QED) is 0.846. The lowest BCUT2D eigenvalue weighted by atomic mass is 9.79. The summed E-state index contributed by atoms with van der Waals surface area (Å²) in [5.41, 5.74) is -0.259. The molecule has 20 heavy (non-hydrogen) atoms. The average Bonchev–Trinajstić information content (AvgIpc) is 3.33. The molecule has 1 aliphatic heterocycles. The number of nitriles is 1. The van der Waals surface area contributed by atoms with Crippen molar-refractivity contribution < 1.29 is 0 Å². The molecule has 2 aliphatic carbocycles. The summed E-state index contributed by atoms with van der Waals surface area (Å²) < 4.78 is 0. The molecule has 1 N–H and O–H groups in total. The van der Waals surface area contributed by atoms with Gasteiger partial charge in [0, 0.05) is 38.3 Å². The Morgan fingerprint density at radius 3 is 2.30 bits per heavy atom. The molecule has 0 radical (unpaired) electrons. The van der Waals surface area contributed by atoms with Crippen molar-refractivity contribution in [1.82, 2.24) is 15.1 Å². The number of piperazine rings is 1. The average molecular weight is 276 g/mol. The summed E-state index contributed by atoms with van der Waals surface area (Å²) in [6, 6.07) is 4.10. The monoisotopic (exact) mass is 276 g/mol. The van der Waals surface area contributed by atoms with E-state index in [1.807, 2.05) is 0 Å². The molecular weight excluding hydrogens is 248 g/mol. The van der Waals surface area contributed by atoms with Gasteiger partial charge in [-0.15, -0.1) is 0 Å². The highest BCUT2D eigenvalue weighted by atomic mass is 15.3. The molecular formula is C16H28N4. The molecule has 4 heteroatoms. The molecule has 2 saturated carbocycles. The number of nitrogens with one attached hydrogen (secondary N) is 1. The van der Waals surface area contributed by atoms with Crippen molar-refractivity contribution in [2.75, 3.05) is 32.7 Å². The fourth-order valence-electron chi connectivity index (χ4n) is 4.10. The number of nitrogens with zero attached hydrogens (tertiary/aromatic N) is 3. The summed E-state index contributed by atoms with van der Waals surface area (Å²) in [4.78, 5) is 5.32. The molecule has 4 nitrogen and oxygen atoms in total. The Balaban J connectivity index is 1.55. The lowest BCUT2D eigenvalue weighted by Crippen LogP contribution is -2.56. The first-order chi connectivity index (χ1) is 9.76. The first-order valence-corrected chi connectivity index (χ1v) is 8.41. The van der Waals surface area contributed by atoms with Crippen LogP contribution in [0.3, 0.4) is 0 Å².